The monoisotopic (exact) mass is 765 g/mol. The topological polar surface area (TPSA) is 96.9 Å². The van der Waals surface area contributed by atoms with Crippen molar-refractivity contribution in [2.45, 2.75) is 70.7 Å². The number of nitrogens with one attached hydrogen (secondary N) is 2. The van der Waals surface area contributed by atoms with Crippen molar-refractivity contribution in [3.63, 3.8) is 0 Å². The number of halogens is 8. The first-order valence-corrected chi connectivity index (χ1v) is 15.6. The minimum absolute atomic E-state index is 0.0510. The summed E-state index contributed by atoms with van der Waals surface area (Å²) in [6, 6.07) is 5.70. The van der Waals surface area contributed by atoms with Crippen LogP contribution in [-0.4, -0.2) is 53.4 Å². The molecule has 0 aliphatic rings. The van der Waals surface area contributed by atoms with E-state index in [-0.39, 0.29) is 28.1 Å². The summed E-state index contributed by atoms with van der Waals surface area (Å²) in [5, 5.41) is 5.17. The molecule has 2 N–H and O–H groups in total. The van der Waals surface area contributed by atoms with Gasteiger partial charge in [0.25, 0.3) is 11.8 Å². The number of ether oxygens (including phenoxy) is 1. The zero-order valence-electron chi connectivity index (χ0n) is 24.7. The van der Waals surface area contributed by atoms with Crippen molar-refractivity contribution in [2.24, 2.45) is 4.36 Å². The van der Waals surface area contributed by atoms with Crippen LogP contribution in [0.4, 0.5) is 41.2 Å². The largest absolute Gasteiger partial charge is 0.442 e. The number of carbonyl (C=O) groups is 3. The molecule has 1 atom stereocenters. The number of amides is 3. The highest BCUT2D eigenvalue weighted by molar-refractivity contribution is 14.1. The predicted octanol–water partition coefficient (Wildman–Crippen LogP) is 8.02. The fraction of sp³-hybridized carbons (Fsp3) is 0.464. The summed E-state index contributed by atoms with van der Waals surface area (Å²) in [5.41, 5.74) is -9.66. The van der Waals surface area contributed by atoms with Crippen molar-refractivity contribution in [1.82, 2.24) is 5.32 Å². The molecule has 2 rings (SSSR count). The molecule has 0 heterocycles. The van der Waals surface area contributed by atoms with Crippen LogP contribution < -0.4 is 10.6 Å². The summed E-state index contributed by atoms with van der Waals surface area (Å²) in [5.74, 6) is -1.32. The van der Waals surface area contributed by atoms with Gasteiger partial charge in [-0.05, 0) is 94.2 Å². The molecule has 244 valence electrons. The number of hydrogen-bond donors (Lipinski definition) is 2. The lowest BCUT2D eigenvalue weighted by Crippen LogP contribution is -2.50. The van der Waals surface area contributed by atoms with E-state index in [9.17, 15) is 45.1 Å². The van der Waals surface area contributed by atoms with Gasteiger partial charge in [0.1, 0.15) is 5.60 Å². The first-order valence-electron chi connectivity index (χ1n) is 12.7. The molecule has 7 nitrogen and oxygen atoms in total. The number of hydrogen-bond acceptors (Lipinski definition) is 4. The second kappa shape index (κ2) is 13.3. The molecule has 3 amide bonds. The third-order valence-electron chi connectivity index (χ3n) is 5.78. The highest BCUT2D eigenvalue weighted by atomic mass is 127. The van der Waals surface area contributed by atoms with Gasteiger partial charge in [-0.25, -0.2) is 9.18 Å². The lowest BCUT2D eigenvalue weighted by molar-refractivity contribution is -0.348. The Balaban J connectivity index is 2.34. The smallest absolute Gasteiger partial charge is 0.440 e. The van der Waals surface area contributed by atoms with E-state index in [4.69, 9.17) is 4.74 Å². The summed E-state index contributed by atoms with van der Waals surface area (Å²) >= 11 is 1.83. The standard InChI is InChI=1S/C28H31F7IN3O4S/c1-15-13-16(26(29,27(30,31)32)28(33,34)35)11-12-19(15)37-21(40)17-9-8-10-18(36)20(17)22(41)38-25(5,6)14-44(7)39-23(42)43-24(2,3)4/h8-13H,14H2,1-7H3,(H,37,40)(H,38,41). The van der Waals surface area contributed by atoms with Crippen LogP contribution in [0.1, 0.15) is 66.5 Å². The van der Waals surface area contributed by atoms with E-state index in [1.165, 1.54) is 12.1 Å². The fourth-order valence-electron chi connectivity index (χ4n) is 4.01. The molecule has 0 bridgehead atoms. The van der Waals surface area contributed by atoms with Crippen molar-refractivity contribution in [2.75, 3.05) is 17.3 Å². The summed E-state index contributed by atoms with van der Waals surface area (Å²) < 4.78 is 103. The Bertz CT molecular complexity index is 1450. The highest BCUT2D eigenvalue weighted by Crippen LogP contribution is 2.53. The minimum Gasteiger partial charge on any atom is -0.442 e. The van der Waals surface area contributed by atoms with Gasteiger partial charge in [-0.3, -0.25) is 9.59 Å². The van der Waals surface area contributed by atoms with Gasteiger partial charge in [-0.15, -0.1) is 0 Å². The third kappa shape index (κ3) is 9.14. The van der Waals surface area contributed by atoms with Crippen LogP contribution in [0.5, 0.6) is 0 Å². The molecule has 0 spiro atoms. The number of aryl methyl sites for hydroxylation is 1. The summed E-state index contributed by atoms with van der Waals surface area (Å²) in [4.78, 5) is 38.7. The zero-order chi connectivity index (χ0) is 34.1. The maximum atomic E-state index is 14.5. The van der Waals surface area contributed by atoms with E-state index >= 15 is 0 Å². The van der Waals surface area contributed by atoms with E-state index in [0.29, 0.717) is 15.7 Å². The van der Waals surface area contributed by atoms with E-state index in [0.717, 1.165) is 13.0 Å². The maximum Gasteiger partial charge on any atom is 0.440 e. The van der Waals surface area contributed by atoms with Gasteiger partial charge in [0.05, 0.1) is 11.1 Å². The number of rotatable bonds is 7. The van der Waals surface area contributed by atoms with Crippen molar-refractivity contribution >= 4 is 56.9 Å². The Morgan fingerprint density at radius 2 is 1.48 bits per heavy atom. The molecule has 0 fully saturated rings. The van der Waals surface area contributed by atoms with Crippen LogP contribution in [-0.2, 0) is 21.1 Å². The minimum atomic E-state index is -6.29. The molecular formula is C28H31F7IN3O4S. The SMILES string of the molecule is Cc1cc(C(F)(C(F)(F)F)C(F)(F)F)ccc1NC(=O)c1cccc(I)c1C(=O)NC(C)(C)C/S(C)=N/C(=O)OC(C)(C)C. The fourth-order valence-corrected chi connectivity index (χ4v) is 6.22. The first-order chi connectivity index (χ1) is 19.8. The zero-order valence-corrected chi connectivity index (χ0v) is 27.7. The van der Waals surface area contributed by atoms with Crippen LogP contribution >= 0.6 is 22.6 Å². The van der Waals surface area contributed by atoms with Crippen LogP contribution in [0.15, 0.2) is 40.8 Å². The molecule has 0 aromatic heterocycles. The molecule has 0 saturated carbocycles. The average Bonchev–Trinajstić information content (AvgIpc) is 2.80. The molecule has 1 unspecified atom stereocenters. The third-order valence-corrected chi connectivity index (χ3v) is 8.28. The van der Waals surface area contributed by atoms with E-state index in [2.05, 4.69) is 15.0 Å². The number of benzene rings is 2. The Morgan fingerprint density at radius 1 is 0.909 bits per heavy atom. The Labute approximate surface area is 265 Å². The Kier molecular flexibility index (Phi) is 11.3. The lowest BCUT2D eigenvalue weighted by Gasteiger charge is -2.30. The van der Waals surface area contributed by atoms with Gasteiger partial charge in [0.15, 0.2) is 0 Å². The molecule has 0 aliphatic carbocycles. The quantitative estimate of drug-likeness (QED) is 0.221. The van der Waals surface area contributed by atoms with Gasteiger partial charge < -0.3 is 15.4 Å². The maximum absolute atomic E-state index is 14.5. The first kappa shape index (κ1) is 37.4. The number of carbonyl (C=O) groups excluding carboxylic acids is 3. The van der Waals surface area contributed by atoms with E-state index in [1.54, 1.807) is 46.9 Å². The summed E-state index contributed by atoms with van der Waals surface area (Å²) in [6.07, 6.45) is -11.6. The Hall–Kier alpha value is -2.76. The number of anilines is 1. The molecule has 44 heavy (non-hydrogen) atoms. The molecule has 0 radical (unpaired) electrons. The highest BCUT2D eigenvalue weighted by Gasteiger charge is 2.73. The Morgan fingerprint density at radius 3 is 1.98 bits per heavy atom. The van der Waals surface area contributed by atoms with Crippen molar-refractivity contribution in [3.05, 3.63) is 62.2 Å². The van der Waals surface area contributed by atoms with Crippen LogP contribution in [0, 0.1) is 10.5 Å². The van der Waals surface area contributed by atoms with Crippen molar-refractivity contribution < 1.29 is 49.9 Å². The van der Waals surface area contributed by atoms with Crippen LogP contribution in [0.3, 0.4) is 0 Å². The average molecular weight is 766 g/mol. The molecule has 2 aromatic carbocycles. The molecular weight excluding hydrogens is 734 g/mol. The number of nitrogens with zero attached hydrogens (tertiary/aromatic N) is 1. The van der Waals surface area contributed by atoms with Crippen LogP contribution in [0.2, 0.25) is 0 Å². The van der Waals surface area contributed by atoms with E-state index in [1.807, 2.05) is 22.6 Å². The molecule has 2 aromatic rings. The molecule has 0 aliphatic heterocycles. The molecule has 0 saturated heterocycles. The van der Waals surface area contributed by atoms with Gasteiger partial charge in [-0.2, -0.15) is 30.7 Å². The normalized spacial score (nSPS) is 13.8. The van der Waals surface area contributed by atoms with Gasteiger partial charge in [0.2, 0.25) is 0 Å². The van der Waals surface area contributed by atoms with Gasteiger partial charge in [0, 0.05) is 26.1 Å². The number of alkyl halides is 7. The van der Waals surface area contributed by atoms with E-state index < -0.39 is 63.3 Å². The van der Waals surface area contributed by atoms with Crippen molar-refractivity contribution in [3.8, 4) is 0 Å². The predicted molar refractivity (Wildman–Crippen MR) is 162 cm³/mol. The lowest BCUT2D eigenvalue weighted by atomic mass is 9.92. The van der Waals surface area contributed by atoms with Crippen LogP contribution in [0.25, 0.3) is 0 Å². The second-order valence-corrected chi connectivity index (χ2v) is 14.3. The van der Waals surface area contributed by atoms with Gasteiger partial charge >= 0.3 is 24.1 Å². The molecule has 16 heteroatoms. The second-order valence-electron chi connectivity index (χ2n) is 11.5. The van der Waals surface area contributed by atoms with Crippen molar-refractivity contribution in [1.29, 1.82) is 0 Å². The summed E-state index contributed by atoms with van der Waals surface area (Å²) in [7, 11) is -0.859. The van der Waals surface area contributed by atoms with Gasteiger partial charge in [-0.1, -0.05) is 28.9 Å². The summed E-state index contributed by atoms with van der Waals surface area (Å²) in [6.45, 7) is 9.56.